The topological polar surface area (TPSA) is 17.1 Å². The Morgan fingerprint density at radius 3 is 1.96 bits per heavy atom. The molecule has 0 N–H and O–H groups in total. The van der Waals surface area contributed by atoms with Gasteiger partial charge in [0.2, 0.25) is 0 Å². The summed E-state index contributed by atoms with van der Waals surface area (Å²) in [6, 6.07) is 18.6. The number of rotatable bonds is 2. The van der Waals surface area contributed by atoms with Crippen molar-refractivity contribution in [2.45, 2.75) is 0 Å². The Labute approximate surface area is 157 Å². The molecule has 0 fully saturated rings. The van der Waals surface area contributed by atoms with Crippen molar-refractivity contribution in [3.63, 3.8) is 0 Å². The van der Waals surface area contributed by atoms with Gasteiger partial charge in [0, 0.05) is 14.7 Å². The lowest BCUT2D eigenvalue weighted by molar-refractivity contribution is 0.103. The number of hydrogen-bond acceptors (Lipinski definition) is 1. The molecule has 3 aromatic carbocycles. The third kappa shape index (κ3) is 5.39. The van der Waals surface area contributed by atoms with Crippen molar-refractivity contribution in [1.29, 1.82) is 0 Å². The Morgan fingerprint density at radius 1 is 0.833 bits per heavy atom. The zero-order valence-corrected chi connectivity index (χ0v) is 15.3. The Bertz CT molecular complexity index is 821. The monoisotopic (exact) mass is 456 g/mol. The quantitative estimate of drug-likeness (QED) is 0.334. The number of hydrogen-bond donors (Lipinski definition) is 0. The molecule has 0 radical (unpaired) electrons. The number of halogens is 4. The summed E-state index contributed by atoms with van der Waals surface area (Å²) in [6.07, 6.45) is 0. The first-order valence-corrected chi connectivity index (χ1v) is 8.39. The molecule has 1 nitrogen and oxygen atoms in total. The van der Waals surface area contributed by atoms with Gasteiger partial charge in [0.1, 0.15) is 11.6 Å². The maximum atomic E-state index is 12.8. The molecule has 0 atom stereocenters. The van der Waals surface area contributed by atoms with Gasteiger partial charge in [-0.05, 0) is 77.2 Å². The molecule has 0 amide bonds. The summed E-state index contributed by atoms with van der Waals surface area (Å²) in [5.74, 6) is -0.744. The first-order valence-electron chi connectivity index (χ1n) is 6.93. The SMILES string of the molecule is Fc1ccccc1.O=C(c1ccc(F)cc1)c1cc(I)ccc1Cl. The number of carbonyl (C=O) groups is 1. The zero-order chi connectivity index (χ0) is 17.5. The number of ketones is 1. The van der Waals surface area contributed by atoms with Crippen molar-refractivity contribution < 1.29 is 13.6 Å². The number of benzene rings is 3. The molecule has 3 rings (SSSR count). The van der Waals surface area contributed by atoms with E-state index in [9.17, 15) is 13.6 Å². The van der Waals surface area contributed by atoms with E-state index in [1.807, 2.05) is 6.07 Å². The van der Waals surface area contributed by atoms with Crippen LogP contribution in [0.3, 0.4) is 0 Å². The summed E-state index contributed by atoms with van der Waals surface area (Å²) < 4.78 is 25.6. The van der Waals surface area contributed by atoms with E-state index >= 15 is 0 Å². The molecule has 0 saturated carbocycles. The largest absolute Gasteiger partial charge is 0.289 e. The van der Waals surface area contributed by atoms with Crippen molar-refractivity contribution in [2.75, 3.05) is 0 Å². The van der Waals surface area contributed by atoms with Gasteiger partial charge < -0.3 is 0 Å². The van der Waals surface area contributed by atoms with Crippen LogP contribution in [-0.2, 0) is 0 Å². The average molecular weight is 457 g/mol. The lowest BCUT2D eigenvalue weighted by Gasteiger charge is -2.04. The van der Waals surface area contributed by atoms with E-state index in [1.54, 1.807) is 30.3 Å². The van der Waals surface area contributed by atoms with Crippen molar-refractivity contribution in [3.05, 3.63) is 104 Å². The Morgan fingerprint density at radius 2 is 1.42 bits per heavy atom. The van der Waals surface area contributed by atoms with Crippen molar-refractivity contribution in [2.24, 2.45) is 0 Å². The molecular weight excluding hydrogens is 445 g/mol. The fourth-order valence-electron chi connectivity index (χ4n) is 1.84. The van der Waals surface area contributed by atoms with E-state index in [2.05, 4.69) is 22.6 Å². The Balaban J connectivity index is 0.000000249. The summed E-state index contributed by atoms with van der Waals surface area (Å²) in [5, 5.41) is 0.403. The molecule has 0 aliphatic rings. The highest BCUT2D eigenvalue weighted by atomic mass is 127. The van der Waals surface area contributed by atoms with Crippen LogP contribution in [0.1, 0.15) is 15.9 Å². The van der Waals surface area contributed by atoms with Gasteiger partial charge in [-0.1, -0.05) is 29.8 Å². The predicted molar refractivity (Wildman–Crippen MR) is 100 cm³/mol. The molecule has 0 aliphatic heterocycles. The average Bonchev–Trinajstić information content (AvgIpc) is 2.58. The fraction of sp³-hybridized carbons (Fsp3) is 0. The van der Waals surface area contributed by atoms with Crippen LogP contribution in [0.15, 0.2) is 72.8 Å². The third-order valence-electron chi connectivity index (χ3n) is 3.01. The summed E-state index contributed by atoms with van der Waals surface area (Å²) in [4.78, 5) is 12.1. The summed E-state index contributed by atoms with van der Waals surface area (Å²) >= 11 is 8.08. The van der Waals surface area contributed by atoms with Gasteiger partial charge in [-0.3, -0.25) is 4.79 Å². The van der Waals surface area contributed by atoms with Crippen LogP contribution >= 0.6 is 34.2 Å². The summed E-state index contributed by atoms with van der Waals surface area (Å²) in [7, 11) is 0. The van der Waals surface area contributed by atoms with E-state index < -0.39 is 0 Å². The van der Waals surface area contributed by atoms with E-state index in [4.69, 9.17) is 11.6 Å². The Hall–Kier alpha value is -1.79. The molecule has 0 spiro atoms. The highest BCUT2D eigenvalue weighted by Gasteiger charge is 2.13. The van der Waals surface area contributed by atoms with Crippen LogP contribution in [-0.4, -0.2) is 5.78 Å². The molecule has 122 valence electrons. The molecule has 0 aromatic heterocycles. The highest BCUT2D eigenvalue weighted by Crippen LogP contribution is 2.22. The van der Waals surface area contributed by atoms with Gasteiger partial charge in [-0.2, -0.15) is 0 Å². The van der Waals surface area contributed by atoms with Gasteiger partial charge in [0.25, 0.3) is 0 Å². The maximum Gasteiger partial charge on any atom is 0.194 e. The van der Waals surface area contributed by atoms with Gasteiger partial charge in [0.15, 0.2) is 5.78 Å². The Kier molecular flexibility index (Phi) is 6.87. The maximum absolute atomic E-state index is 12.8. The van der Waals surface area contributed by atoms with Crippen LogP contribution in [0.25, 0.3) is 0 Å². The minimum absolute atomic E-state index is 0.178. The highest BCUT2D eigenvalue weighted by molar-refractivity contribution is 14.1. The van der Waals surface area contributed by atoms with E-state index in [1.165, 1.54) is 36.4 Å². The van der Waals surface area contributed by atoms with Crippen molar-refractivity contribution >= 4 is 40.0 Å². The lowest BCUT2D eigenvalue weighted by atomic mass is 10.0. The summed E-state index contributed by atoms with van der Waals surface area (Å²) in [6.45, 7) is 0. The van der Waals surface area contributed by atoms with Gasteiger partial charge >= 0.3 is 0 Å². The number of carbonyl (C=O) groups excluding carboxylic acids is 1. The molecule has 0 unspecified atom stereocenters. The predicted octanol–water partition coefficient (Wildman–Crippen LogP) is 6.14. The second kappa shape index (κ2) is 8.89. The lowest BCUT2D eigenvalue weighted by Crippen LogP contribution is -2.02. The summed E-state index contributed by atoms with van der Waals surface area (Å²) in [5.41, 5.74) is 0.862. The second-order valence-corrected chi connectivity index (χ2v) is 6.41. The van der Waals surface area contributed by atoms with Crippen LogP contribution in [0.4, 0.5) is 8.78 Å². The molecular formula is C19H12ClF2IO. The normalized spacial score (nSPS) is 9.83. The third-order valence-corrected chi connectivity index (χ3v) is 4.01. The van der Waals surface area contributed by atoms with Gasteiger partial charge in [-0.15, -0.1) is 0 Å². The second-order valence-electron chi connectivity index (χ2n) is 4.76. The molecule has 0 aliphatic carbocycles. The first kappa shape index (κ1) is 18.5. The molecule has 0 bridgehead atoms. The first-order chi connectivity index (χ1) is 11.5. The van der Waals surface area contributed by atoms with Gasteiger partial charge in [0.05, 0.1) is 5.02 Å². The molecule has 0 saturated heterocycles. The molecule has 5 heteroatoms. The van der Waals surface area contributed by atoms with Crippen LogP contribution in [0.2, 0.25) is 5.02 Å². The minimum Gasteiger partial charge on any atom is -0.289 e. The van der Waals surface area contributed by atoms with Crippen LogP contribution < -0.4 is 0 Å². The van der Waals surface area contributed by atoms with Crippen molar-refractivity contribution in [1.82, 2.24) is 0 Å². The standard InChI is InChI=1S/C13H7ClFIO.C6H5F/c14-12-6-5-10(16)7-11(12)13(17)8-1-3-9(15)4-2-8;7-6-4-2-1-3-5-6/h1-7H;1-5H. The molecule has 3 aromatic rings. The van der Waals surface area contributed by atoms with E-state index in [0.29, 0.717) is 16.1 Å². The molecule has 0 heterocycles. The van der Waals surface area contributed by atoms with E-state index in [-0.39, 0.29) is 17.4 Å². The fourth-order valence-corrected chi connectivity index (χ4v) is 2.54. The molecule has 24 heavy (non-hydrogen) atoms. The van der Waals surface area contributed by atoms with Crippen molar-refractivity contribution in [3.8, 4) is 0 Å². The smallest absolute Gasteiger partial charge is 0.194 e. The van der Waals surface area contributed by atoms with E-state index in [0.717, 1.165) is 3.57 Å². The van der Waals surface area contributed by atoms with Crippen LogP contribution in [0.5, 0.6) is 0 Å². The minimum atomic E-state index is -0.365. The van der Waals surface area contributed by atoms with Gasteiger partial charge in [-0.25, -0.2) is 8.78 Å². The van der Waals surface area contributed by atoms with Crippen LogP contribution in [0, 0.1) is 15.2 Å². The zero-order valence-electron chi connectivity index (χ0n) is 12.3.